The normalized spacial score (nSPS) is 15.7. The fraction of sp³-hybridized carbons (Fsp3) is 0.231. The first kappa shape index (κ1) is 13.5. The third-order valence-corrected chi connectivity index (χ3v) is 3.16. The number of nitriles is 1. The fourth-order valence-electron chi connectivity index (χ4n) is 2.02. The third kappa shape index (κ3) is 2.19. The molecule has 102 valence electrons. The summed E-state index contributed by atoms with van der Waals surface area (Å²) in [6, 6.07) is 3.96. The quantitative estimate of drug-likeness (QED) is 0.399. The molecular weight excluding hydrogens is 260 g/mol. The molecule has 1 aliphatic rings. The number of carbonyl (C=O) groups is 3. The van der Waals surface area contributed by atoms with E-state index in [4.69, 9.17) is 5.26 Å². The first-order valence-electron chi connectivity index (χ1n) is 5.82. The van der Waals surface area contributed by atoms with Crippen LogP contribution in [0.15, 0.2) is 18.2 Å². The highest BCUT2D eigenvalue weighted by molar-refractivity contribution is 6.13. The topological polar surface area (TPSA) is 111 Å². The maximum Gasteiger partial charge on any atom is 0.332 e. The van der Waals surface area contributed by atoms with Crippen molar-refractivity contribution in [2.24, 2.45) is 0 Å². The SMILES string of the molecule is CC1(C)C(=O)NC(=O)c2cc(NC(=O)NC#N)ccc21. The van der Waals surface area contributed by atoms with Crippen LogP contribution in [0.5, 0.6) is 0 Å². The van der Waals surface area contributed by atoms with E-state index in [9.17, 15) is 14.4 Å². The van der Waals surface area contributed by atoms with Gasteiger partial charge in [0.1, 0.15) is 0 Å². The average molecular weight is 272 g/mol. The number of nitrogens with zero attached hydrogens (tertiary/aromatic N) is 1. The second-order valence-corrected chi connectivity index (χ2v) is 4.86. The molecule has 0 spiro atoms. The molecule has 0 unspecified atom stereocenters. The maximum atomic E-state index is 11.8. The van der Waals surface area contributed by atoms with Crippen LogP contribution in [0.2, 0.25) is 0 Å². The summed E-state index contributed by atoms with van der Waals surface area (Å²) in [6.45, 7) is 3.42. The minimum absolute atomic E-state index is 0.323. The van der Waals surface area contributed by atoms with E-state index in [-0.39, 0.29) is 5.91 Å². The van der Waals surface area contributed by atoms with Gasteiger partial charge < -0.3 is 5.32 Å². The summed E-state index contributed by atoms with van der Waals surface area (Å²) < 4.78 is 0. The predicted octanol–water partition coefficient (Wildman–Crippen LogP) is 0.837. The Labute approximate surface area is 115 Å². The van der Waals surface area contributed by atoms with Crippen molar-refractivity contribution in [3.05, 3.63) is 29.3 Å². The van der Waals surface area contributed by atoms with E-state index in [1.165, 1.54) is 12.3 Å². The number of imide groups is 1. The summed E-state index contributed by atoms with van der Waals surface area (Å²) in [5.74, 6) is -0.869. The number of anilines is 1. The van der Waals surface area contributed by atoms with Crippen LogP contribution in [0.25, 0.3) is 0 Å². The summed E-state index contributed by atoms with van der Waals surface area (Å²) in [4.78, 5) is 34.9. The van der Waals surface area contributed by atoms with E-state index >= 15 is 0 Å². The van der Waals surface area contributed by atoms with Gasteiger partial charge in [0.2, 0.25) is 5.91 Å². The number of nitrogens with one attached hydrogen (secondary N) is 3. The van der Waals surface area contributed by atoms with Crippen molar-refractivity contribution >= 4 is 23.5 Å². The lowest BCUT2D eigenvalue weighted by atomic mass is 9.78. The van der Waals surface area contributed by atoms with Crippen molar-refractivity contribution in [3.8, 4) is 6.19 Å². The van der Waals surface area contributed by atoms with E-state index in [1.807, 2.05) is 5.32 Å². The second-order valence-electron chi connectivity index (χ2n) is 4.86. The fourth-order valence-corrected chi connectivity index (χ4v) is 2.02. The molecule has 2 rings (SSSR count). The molecule has 1 aromatic carbocycles. The molecule has 0 radical (unpaired) electrons. The smallest absolute Gasteiger partial charge is 0.307 e. The Kier molecular flexibility index (Phi) is 3.16. The lowest BCUT2D eigenvalue weighted by Crippen LogP contribution is -2.48. The van der Waals surface area contributed by atoms with Gasteiger partial charge in [-0.15, -0.1) is 0 Å². The standard InChI is InChI=1S/C13H12N4O3/c1-13(2)9-4-3-7(16-12(20)15-6-14)5-8(9)10(18)17-11(13)19/h3-5H,1-2H3,(H2,15,16,20)(H,17,18,19). The van der Waals surface area contributed by atoms with Crippen molar-refractivity contribution in [1.29, 1.82) is 5.26 Å². The van der Waals surface area contributed by atoms with Crippen LogP contribution in [0.3, 0.4) is 0 Å². The molecule has 7 nitrogen and oxygen atoms in total. The van der Waals surface area contributed by atoms with Gasteiger partial charge in [-0.25, -0.2) is 10.1 Å². The van der Waals surface area contributed by atoms with Gasteiger partial charge in [0.25, 0.3) is 5.91 Å². The van der Waals surface area contributed by atoms with E-state index in [0.717, 1.165) is 0 Å². The molecule has 0 atom stereocenters. The molecule has 0 fully saturated rings. The number of benzene rings is 1. The molecule has 0 aliphatic carbocycles. The van der Waals surface area contributed by atoms with E-state index < -0.39 is 17.4 Å². The molecule has 0 saturated heterocycles. The minimum atomic E-state index is -0.823. The number of hydrogen-bond acceptors (Lipinski definition) is 4. The monoisotopic (exact) mass is 272 g/mol. The Bertz CT molecular complexity index is 658. The van der Waals surface area contributed by atoms with Gasteiger partial charge in [-0.2, -0.15) is 5.26 Å². The predicted molar refractivity (Wildman–Crippen MR) is 69.7 cm³/mol. The van der Waals surface area contributed by atoms with Gasteiger partial charge >= 0.3 is 6.03 Å². The van der Waals surface area contributed by atoms with Crippen molar-refractivity contribution in [2.75, 3.05) is 5.32 Å². The van der Waals surface area contributed by atoms with Crippen molar-refractivity contribution in [3.63, 3.8) is 0 Å². The Morgan fingerprint density at radius 1 is 1.35 bits per heavy atom. The molecule has 3 N–H and O–H groups in total. The van der Waals surface area contributed by atoms with Crippen molar-refractivity contribution in [1.82, 2.24) is 10.6 Å². The largest absolute Gasteiger partial charge is 0.332 e. The molecular formula is C13H12N4O3. The lowest BCUT2D eigenvalue weighted by molar-refractivity contribution is -0.125. The molecule has 0 saturated carbocycles. The zero-order valence-electron chi connectivity index (χ0n) is 10.9. The van der Waals surface area contributed by atoms with Gasteiger partial charge in [-0.3, -0.25) is 14.9 Å². The van der Waals surface area contributed by atoms with Gasteiger partial charge in [-0.05, 0) is 31.5 Å². The molecule has 0 bridgehead atoms. The number of hydrogen-bond donors (Lipinski definition) is 3. The highest BCUT2D eigenvalue weighted by Crippen LogP contribution is 2.32. The summed E-state index contributed by atoms with van der Waals surface area (Å²) >= 11 is 0. The van der Waals surface area contributed by atoms with Crippen LogP contribution in [-0.2, 0) is 10.2 Å². The molecule has 20 heavy (non-hydrogen) atoms. The summed E-state index contributed by atoms with van der Waals surface area (Å²) in [5.41, 5.74) is 0.454. The number of amides is 4. The molecule has 1 aromatic rings. The Hall–Kier alpha value is -2.88. The zero-order chi connectivity index (χ0) is 14.9. The molecule has 0 aromatic heterocycles. The molecule has 1 aliphatic heterocycles. The Morgan fingerprint density at radius 3 is 2.70 bits per heavy atom. The van der Waals surface area contributed by atoms with Gasteiger partial charge in [0, 0.05) is 11.3 Å². The Morgan fingerprint density at radius 2 is 2.05 bits per heavy atom. The van der Waals surface area contributed by atoms with Gasteiger partial charge in [0.15, 0.2) is 6.19 Å². The maximum absolute atomic E-state index is 11.8. The van der Waals surface area contributed by atoms with E-state index in [2.05, 4.69) is 10.6 Å². The number of urea groups is 1. The first-order valence-corrected chi connectivity index (χ1v) is 5.82. The average Bonchev–Trinajstić information content (AvgIpc) is 2.37. The summed E-state index contributed by atoms with van der Waals surface area (Å²) in [7, 11) is 0. The van der Waals surface area contributed by atoms with Crippen LogP contribution >= 0.6 is 0 Å². The Balaban J connectivity index is 2.39. The van der Waals surface area contributed by atoms with Gasteiger partial charge in [-0.1, -0.05) is 6.07 Å². The van der Waals surface area contributed by atoms with Gasteiger partial charge in [0.05, 0.1) is 5.41 Å². The third-order valence-electron chi connectivity index (χ3n) is 3.16. The van der Waals surface area contributed by atoms with Crippen molar-refractivity contribution in [2.45, 2.75) is 19.3 Å². The minimum Gasteiger partial charge on any atom is -0.307 e. The summed E-state index contributed by atoms with van der Waals surface area (Å²) in [5, 5.41) is 14.9. The number of carbonyl (C=O) groups excluding carboxylic acids is 3. The molecule has 4 amide bonds. The van der Waals surface area contributed by atoms with Crippen LogP contribution in [0.1, 0.15) is 29.8 Å². The van der Waals surface area contributed by atoms with Crippen LogP contribution in [-0.4, -0.2) is 17.8 Å². The highest BCUT2D eigenvalue weighted by atomic mass is 16.2. The number of fused-ring (bicyclic) bond motifs is 1. The lowest BCUT2D eigenvalue weighted by Gasteiger charge is -2.30. The van der Waals surface area contributed by atoms with Crippen LogP contribution in [0, 0.1) is 11.5 Å². The second kappa shape index (κ2) is 4.66. The van der Waals surface area contributed by atoms with Crippen LogP contribution < -0.4 is 16.0 Å². The molecule has 7 heteroatoms. The van der Waals surface area contributed by atoms with Crippen molar-refractivity contribution < 1.29 is 14.4 Å². The first-order chi connectivity index (χ1) is 9.36. The number of rotatable bonds is 1. The summed E-state index contributed by atoms with van der Waals surface area (Å²) in [6.07, 6.45) is 1.49. The zero-order valence-corrected chi connectivity index (χ0v) is 10.9. The van der Waals surface area contributed by atoms with E-state index in [0.29, 0.717) is 16.8 Å². The molecule has 1 heterocycles. The van der Waals surface area contributed by atoms with Crippen LogP contribution in [0.4, 0.5) is 10.5 Å². The van der Waals surface area contributed by atoms with E-state index in [1.54, 1.807) is 26.0 Å². The highest BCUT2D eigenvalue weighted by Gasteiger charge is 2.39.